The molecule has 0 aliphatic carbocycles. The van der Waals surface area contributed by atoms with Gasteiger partial charge in [0, 0.05) is 4.47 Å². The van der Waals surface area contributed by atoms with Gasteiger partial charge in [0.2, 0.25) is 5.88 Å². The molecule has 0 atom stereocenters. The van der Waals surface area contributed by atoms with E-state index in [1.807, 2.05) is 13.0 Å². The van der Waals surface area contributed by atoms with Gasteiger partial charge >= 0.3 is 0 Å². The van der Waals surface area contributed by atoms with Crippen LogP contribution in [0.15, 0.2) is 10.5 Å². The number of aryl methyl sites for hydroxylation is 1. The van der Waals surface area contributed by atoms with E-state index >= 15 is 0 Å². The molecule has 1 rings (SSSR count). The van der Waals surface area contributed by atoms with Crippen LogP contribution in [0.1, 0.15) is 12.6 Å². The Bertz CT molecular complexity index is 263. The number of nitrogen functional groups attached to an aromatic ring is 1. The standard InChI is InChI=1S/C8H11BrN2O/c1-3-7-5(9)4-6(10)8(11-7)12-2/h4H,3,10H2,1-2H3. The summed E-state index contributed by atoms with van der Waals surface area (Å²) in [6.07, 6.45) is 0.858. The number of ether oxygens (including phenoxy) is 1. The van der Waals surface area contributed by atoms with Gasteiger partial charge in [0.05, 0.1) is 18.5 Å². The smallest absolute Gasteiger partial charge is 0.237 e. The molecule has 12 heavy (non-hydrogen) atoms. The monoisotopic (exact) mass is 230 g/mol. The average molecular weight is 231 g/mol. The van der Waals surface area contributed by atoms with Crippen molar-refractivity contribution < 1.29 is 4.74 Å². The summed E-state index contributed by atoms with van der Waals surface area (Å²) in [6.45, 7) is 2.03. The predicted octanol–water partition coefficient (Wildman–Crippen LogP) is 2.00. The molecule has 1 aromatic rings. The van der Waals surface area contributed by atoms with Crippen LogP contribution in [-0.4, -0.2) is 12.1 Å². The summed E-state index contributed by atoms with van der Waals surface area (Å²) < 4.78 is 5.92. The van der Waals surface area contributed by atoms with E-state index in [-0.39, 0.29) is 0 Å². The van der Waals surface area contributed by atoms with E-state index in [2.05, 4.69) is 20.9 Å². The number of aromatic nitrogens is 1. The Morgan fingerprint density at radius 1 is 1.67 bits per heavy atom. The van der Waals surface area contributed by atoms with Gasteiger partial charge in [-0.25, -0.2) is 4.98 Å². The lowest BCUT2D eigenvalue weighted by atomic mass is 10.3. The minimum Gasteiger partial charge on any atom is -0.480 e. The highest BCUT2D eigenvalue weighted by atomic mass is 79.9. The lowest BCUT2D eigenvalue weighted by Crippen LogP contribution is -1.99. The second-order valence-corrected chi connectivity index (χ2v) is 3.22. The summed E-state index contributed by atoms with van der Waals surface area (Å²) >= 11 is 3.37. The second-order valence-electron chi connectivity index (χ2n) is 2.37. The number of nitrogens with two attached hydrogens (primary N) is 1. The molecule has 0 unspecified atom stereocenters. The molecule has 0 amide bonds. The molecule has 66 valence electrons. The lowest BCUT2D eigenvalue weighted by Gasteiger charge is -2.06. The number of nitrogens with zero attached hydrogens (tertiary/aromatic N) is 1. The largest absolute Gasteiger partial charge is 0.480 e. The van der Waals surface area contributed by atoms with E-state index in [4.69, 9.17) is 10.5 Å². The van der Waals surface area contributed by atoms with E-state index in [1.165, 1.54) is 0 Å². The van der Waals surface area contributed by atoms with Crippen LogP contribution in [0.5, 0.6) is 5.88 Å². The van der Waals surface area contributed by atoms with Crippen molar-refractivity contribution in [2.75, 3.05) is 12.8 Å². The Labute approximate surface area is 80.1 Å². The Hall–Kier alpha value is -0.770. The Morgan fingerprint density at radius 3 is 2.83 bits per heavy atom. The quantitative estimate of drug-likeness (QED) is 0.846. The van der Waals surface area contributed by atoms with Crippen LogP contribution in [-0.2, 0) is 6.42 Å². The predicted molar refractivity (Wildman–Crippen MR) is 52.3 cm³/mol. The molecule has 1 heterocycles. The first kappa shape index (κ1) is 9.32. The number of hydrogen-bond donors (Lipinski definition) is 1. The topological polar surface area (TPSA) is 48.1 Å². The summed E-state index contributed by atoms with van der Waals surface area (Å²) in [5.74, 6) is 0.495. The number of halogens is 1. The molecule has 1 aromatic heterocycles. The zero-order valence-electron chi connectivity index (χ0n) is 7.10. The molecule has 0 saturated carbocycles. The van der Waals surface area contributed by atoms with E-state index in [0.29, 0.717) is 11.6 Å². The van der Waals surface area contributed by atoms with E-state index in [0.717, 1.165) is 16.6 Å². The van der Waals surface area contributed by atoms with Gasteiger partial charge in [0.1, 0.15) is 0 Å². The maximum Gasteiger partial charge on any atom is 0.237 e. The third-order valence-electron chi connectivity index (χ3n) is 1.57. The zero-order chi connectivity index (χ0) is 9.14. The lowest BCUT2D eigenvalue weighted by molar-refractivity contribution is 0.398. The fourth-order valence-electron chi connectivity index (χ4n) is 0.934. The first-order valence-electron chi connectivity index (χ1n) is 3.68. The van der Waals surface area contributed by atoms with Gasteiger partial charge in [-0.05, 0) is 28.4 Å². The molecule has 3 nitrogen and oxygen atoms in total. The van der Waals surface area contributed by atoms with Crippen molar-refractivity contribution in [1.29, 1.82) is 0 Å². The highest BCUT2D eigenvalue weighted by Crippen LogP contribution is 2.25. The first-order valence-corrected chi connectivity index (χ1v) is 4.47. The fourth-order valence-corrected chi connectivity index (χ4v) is 1.55. The van der Waals surface area contributed by atoms with Crippen molar-refractivity contribution in [3.8, 4) is 5.88 Å². The molecule has 4 heteroatoms. The maximum absolute atomic E-state index is 5.64. The molecule has 0 aliphatic heterocycles. The summed E-state index contributed by atoms with van der Waals surface area (Å²) in [6, 6.07) is 1.81. The maximum atomic E-state index is 5.64. The van der Waals surface area contributed by atoms with Crippen molar-refractivity contribution in [1.82, 2.24) is 4.98 Å². The average Bonchev–Trinajstić information content (AvgIpc) is 2.05. The molecule has 0 aliphatic rings. The summed E-state index contributed by atoms with van der Waals surface area (Å²) in [7, 11) is 1.56. The van der Waals surface area contributed by atoms with Crippen LogP contribution in [0.25, 0.3) is 0 Å². The van der Waals surface area contributed by atoms with Gasteiger partial charge < -0.3 is 10.5 Å². The molecule has 0 aromatic carbocycles. The summed E-state index contributed by atoms with van der Waals surface area (Å²) in [4.78, 5) is 4.21. The number of hydrogen-bond acceptors (Lipinski definition) is 3. The third-order valence-corrected chi connectivity index (χ3v) is 2.26. The molecule has 0 saturated heterocycles. The molecular formula is C8H11BrN2O. The van der Waals surface area contributed by atoms with Crippen molar-refractivity contribution in [3.05, 3.63) is 16.2 Å². The van der Waals surface area contributed by atoms with Crippen LogP contribution in [0.2, 0.25) is 0 Å². The first-order chi connectivity index (χ1) is 5.69. The highest BCUT2D eigenvalue weighted by molar-refractivity contribution is 9.10. The van der Waals surface area contributed by atoms with Gasteiger partial charge in [0.25, 0.3) is 0 Å². The molecule has 0 radical (unpaired) electrons. The van der Waals surface area contributed by atoms with E-state index in [1.54, 1.807) is 7.11 Å². The van der Waals surface area contributed by atoms with Gasteiger partial charge in [-0.15, -0.1) is 0 Å². The zero-order valence-corrected chi connectivity index (χ0v) is 8.68. The second kappa shape index (κ2) is 3.76. The third kappa shape index (κ3) is 1.69. The summed E-state index contributed by atoms with van der Waals surface area (Å²) in [5, 5.41) is 0. The molecule has 0 fully saturated rings. The van der Waals surface area contributed by atoms with Crippen molar-refractivity contribution in [3.63, 3.8) is 0 Å². The van der Waals surface area contributed by atoms with Crippen molar-refractivity contribution in [2.45, 2.75) is 13.3 Å². The van der Waals surface area contributed by atoms with Crippen LogP contribution < -0.4 is 10.5 Å². The molecule has 2 N–H and O–H groups in total. The van der Waals surface area contributed by atoms with Gasteiger partial charge in [0.15, 0.2) is 0 Å². The van der Waals surface area contributed by atoms with Gasteiger partial charge in [-0.3, -0.25) is 0 Å². The number of anilines is 1. The fraction of sp³-hybridized carbons (Fsp3) is 0.375. The Morgan fingerprint density at radius 2 is 2.33 bits per heavy atom. The highest BCUT2D eigenvalue weighted by Gasteiger charge is 2.06. The summed E-state index contributed by atoms with van der Waals surface area (Å²) in [5.41, 5.74) is 7.15. The minimum atomic E-state index is 0.495. The SMILES string of the molecule is CCc1nc(OC)c(N)cc1Br. The van der Waals surface area contributed by atoms with E-state index in [9.17, 15) is 0 Å². The van der Waals surface area contributed by atoms with Crippen LogP contribution in [0.4, 0.5) is 5.69 Å². The van der Waals surface area contributed by atoms with E-state index < -0.39 is 0 Å². The molecular weight excluding hydrogens is 220 g/mol. The van der Waals surface area contributed by atoms with Crippen molar-refractivity contribution in [2.24, 2.45) is 0 Å². The van der Waals surface area contributed by atoms with Gasteiger partial charge in [-0.2, -0.15) is 0 Å². The van der Waals surface area contributed by atoms with Crippen LogP contribution in [0, 0.1) is 0 Å². The Kier molecular flexibility index (Phi) is 2.92. The normalized spacial score (nSPS) is 9.92. The van der Waals surface area contributed by atoms with Crippen LogP contribution in [0.3, 0.4) is 0 Å². The molecule has 0 spiro atoms. The van der Waals surface area contributed by atoms with Crippen LogP contribution >= 0.6 is 15.9 Å². The minimum absolute atomic E-state index is 0.495. The van der Waals surface area contributed by atoms with Gasteiger partial charge in [-0.1, -0.05) is 6.92 Å². The number of rotatable bonds is 2. The molecule has 0 bridgehead atoms. The number of methoxy groups -OCH3 is 1. The Balaban J connectivity index is 3.18. The van der Waals surface area contributed by atoms with Crippen molar-refractivity contribution >= 4 is 21.6 Å². The number of pyridine rings is 1.